The molecule has 1 amide bonds. The normalized spacial score (nSPS) is 24.5. The number of likely N-dealkylation sites (tertiary alicyclic amines) is 2. The van der Waals surface area contributed by atoms with Crippen LogP contribution in [0.2, 0.25) is 0 Å². The highest BCUT2D eigenvalue weighted by atomic mass is 35.5. The lowest BCUT2D eigenvalue weighted by atomic mass is 9.79. The zero-order valence-corrected chi connectivity index (χ0v) is 16.7. The zero-order chi connectivity index (χ0) is 16.3. The van der Waals surface area contributed by atoms with Crippen LogP contribution in [0.1, 0.15) is 31.7 Å². The van der Waals surface area contributed by atoms with E-state index in [2.05, 4.69) is 40.1 Å². The molecule has 2 atom stereocenters. The van der Waals surface area contributed by atoms with Gasteiger partial charge >= 0.3 is 0 Å². The van der Waals surface area contributed by atoms with Crippen LogP contribution in [-0.4, -0.2) is 48.4 Å². The van der Waals surface area contributed by atoms with E-state index in [1.54, 1.807) is 0 Å². The van der Waals surface area contributed by atoms with Crippen molar-refractivity contribution >= 4 is 30.7 Å². The third kappa shape index (κ3) is 5.33. The molecule has 0 bridgehead atoms. The number of piperidine rings is 1. The fourth-order valence-corrected chi connectivity index (χ4v) is 4.16. The zero-order valence-electron chi connectivity index (χ0n) is 15.0. The van der Waals surface area contributed by atoms with Crippen molar-refractivity contribution < 1.29 is 4.79 Å². The van der Waals surface area contributed by atoms with Gasteiger partial charge in [-0.05, 0) is 31.4 Å². The van der Waals surface area contributed by atoms with Crippen molar-refractivity contribution in [1.29, 1.82) is 0 Å². The molecule has 1 aromatic rings. The predicted molar refractivity (Wildman–Crippen MR) is 107 cm³/mol. The van der Waals surface area contributed by atoms with E-state index >= 15 is 0 Å². The van der Waals surface area contributed by atoms with Crippen molar-refractivity contribution in [1.82, 2.24) is 9.80 Å². The Bertz CT molecular complexity index is 543. The average molecular weight is 388 g/mol. The van der Waals surface area contributed by atoms with Crippen LogP contribution in [0.5, 0.6) is 0 Å². The first-order valence-electron chi connectivity index (χ1n) is 8.87. The maximum absolute atomic E-state index is 12.4. The van der Waals surface area contributed by atoms with Gasteiger partial charge in [-0.15, -0.1) is 24.8 Å². The summed E-state index contributed by atoms with van der Waals surface area (Å²) in [4.78, 5) is 17.0. The van der Waals surface area contributed by atoms with E-state index < -0.39 is 0 Å². The summed E-state index contributed by atoms with van der Waals surface area (Å²) in [5, 5.41) is 0. The first kappa shape index (κ1) is 22.2. The van der Waals surface area contributed by atoms with Gasteiger partial charge in [0.1, 0.15) is 0 Å². The third-order valence-electron chi connectivity index (χ3n) is 5.51. The molecule has 2 aliphatic heterocycles. The Morgan fingerprint density at radius 2 is 1.88 bits per heavy atom. The number of carbonyl (C=O) groups excluding carboxylic acids is 1. The van der Waals surface area contributed by atoms with E-state index in [4.69, 9.17) is 5.73 Å². The van der Waals surface area contributed by atoms with Crippen LogP contribution < -0.4 is 5.73 Å². The largest absolute Gasteiger partial charge is 0.342 e. The highest BCUT2D eigenvalue weighted by Gasteiger charge is 2.43. The number of carbonyl (C=O) groups is 1. The Morgan fingerprint density at radius 3 is 2.56 bits per heavy atom. The smallest absolute Gasteiger partial charge is 0.226 e. The molecule has 0 radical (unpaired) electrons. The number of amides is 1. The van der Waals surface area contributed by atoms with Crippen LogP contribution in [0.4, 0.5) is 0 Å². The Hall–Kier alpha value is -0.810. The average Bonchev–Trinajstić information content (AvgIpc) is 2.97. The van der Waals surface area contributed by atoms with Crippen LogP contribution in [0, 0.1) is 11.3 Å². The molecule has 0 aromatic heterocycles. The molecule has 2 saturated heterocycles. The van der Waals surface area contributed by atoms with E-state index in [0.29, 0.717) is 12.0 Å². The second kappa shape index (κ2) is 9.77. The van der Waals surface area contributed by atoms with Crippen molar-refractivity contribution in [3.8, 4) is 0 Å². The number of hydrogen-bond donors (Lipinski definition) is 1. The molecular weight excluding hydrogens is 357 g/mol. The third-order valence-corrected chi connectivity index (χ3v) is 5.51. The van der Waals surface area contributed by atoms with Gasteiger partial charge in [0, 0.05) is 44.1 Å². The maximum atomic E-state index is 12.4. The lowest BCUT2D eigenvalue weighted by molar-refractivity contribution is -0.134. The summed E-state index contributed by atoms with van der Waals surface area (Å²) in [6.45, 7) is 7.52. The Kier molecular flexibility index (Phi) is 8.69. The number of nitrogens with zero attached hydrogens (tertiary/aromatic N) is 2. The standard InChI is InChI=1S/C19H29N3O.2ClH/c1-16(12-20)18(23)22-11-9-19(15-22)8-5-10-21(14-19)13-17-6-3-2-4-7-17;;/h2-4,6-7,16H,5,8-15,20H2,1H3;2*1H. The molecule has 4 nitrogen and oxygen atoms in total. The fourth-order valence-electron chi connectivity index (χ4n) is 4.16. The number of rotatable bonds is 4. The Balaban J connectivity index is 0.00000156. The Morgan fingerprint density at radius 1 is 1.16 bits per heavy atom. The van der Waals surface area contributed by atoms with Crippen LogP contribution >= 0.6 is 24.8 Å². The fraction of sp³-hybridized carbons (Fsp3) is 0.632. The molecule has 142 valence electrons. The summed E-state index contributed by atoms with van der Waals surface area (Å²) in [6, 6.07) is 10.7. The highest BCUT2D eigenvalue weighted by molar-refractivity contribution is 5.85. The van der Waals surface area contributed by atoms with Gasteiger partial charge in [-0.1, -0.05) is 37.3 Å². The van der Waals surface area contributed by atoms with E-state index in [0.717, 1.165) is 32.6 Å². The highest BCUT2D eigenvalue weighted by Crippen LogP contribution is 2.39. The first-order valence-corrected chi connectivity index (χ1v) is 8.87. The molecule has 1 spiro atoms. The number of halogens is 2. The molecule has 2 unspecified atom stereocenters. The first-order chi connectivity index (χ1) is 11.1. The van der Waals surface area contributed by atoms with E-state index in [9.17, 15) is 4.79 Å². The van der Waals surface area contributed by atoms with E-state index in [1.165, 1.54) is 24.9 Å². The molecule has 0 saturated carbocycles. The summed E-state index contributed by atoms with van der Waals surface area (Å²) in [5.74, 6) is 0.193. The molecule has 2 heterocycles. The predicted octanol–water partition coefficient (Wildman–Crippen LogP) is 2.94. The monoisotopic (exact) mass is 387 g/mol. The van der Waals surface area contributed by atoms with Gasteiger partial charge < -0.3 is 10.6 Å². The minimum absolute atomic E-state index is 0. The SMILES string of the molecule is CC(CN)C(=O)N1CCC2(CCCN(Cc3ccccc3)C2)C1.Cl.Cl. The maximum Gasteiger partial charge on any atom is 0.226 e. The van der Waals surface area contributed by atoms with Gasteiger partial charge in [0.25, 0.3) is 0 Å². The summed E-state index contributed by atoms with van der Waals surface area (Å²) < 4.78 is 0. The molecular formula is C19H31Cl2N3O. The summed E-state index contributed by atoms with van der Waals surface area (Å²) in [5.41, 5.74) is 7.35. The molecule has 2 fully saturated rings. The van der Waals surface area contributed by atoms with Crippen molar-refractivity contribution in [3.05, 3.63) is 35.9 Å². The second-order valence-corrected chi connectivity index (χ2v) is 7.45. The van der Waals surface area contributed by atoms with Gasteiger partial charge in [0.2, 0.25) is 5.91 Å². The van der Waals surface area contributed by atoms with Gasteiger partial charge in [0.05, 0.1) is 0 Å². The lowest BCUT2D eigenvalue weighted by Crippen LogP contribution is -2.45. The van der Waals surface area contributed by atoms with Crippen LogP contribution in [0.15, 0.2) is 30.3 Å². The molecule has 6 heteroatoms. The van der Waals surface area contributed by atoms with E-state index in [-0.39, 0.29) is 36.6 Å². The summed E-state index contributed by atoms with van der Waals surface area (Å²) >= 11 is 0. The number of hydrogen-bond acceptors (Lipinski definition) is 3. The quantitative estimate of drug-likeness (QED) is 0.863. The van der Waals surface area contributed by atoms with Crippen molar-refractivity contribution in [2.24, 2.45) is 17.1 Å². The summed E-state index contributed by atoms with van der Waals surface area (Å²) in [6.07, 6.45) is 3.63. The van der Waals surface area contributed by atoms with Gasteiger partial charge in [-0.25, -0.2) is 0 Å². The van der Waals surface area contributed by atoms with Crippen LogP contribution in [0.3, 0.4) is 0 Å². The molecule has 3 rings (SSSR count). The van der Waals surface area contributed by atoms with Crippen molar-refractivity contribution in [3.63, 3.8) is 0 Å². The molecule has 0 aliphatic carbocycles. The summed E-state index contributed by atoms with van der Waals surface area (Å²) in [7, 11) is 0. The minimum atomic E-state index is -0.0471. The topological polar surface area (TPSA) is 49.6 Å². The molecule has 2 aliphatic rings. The van der Waals surface area contributed by atoms with E-state index in [1.807, 2.05) is 6.92 Å². The minimum Gasteiger partial charge on any atom is -0.342 e. The van der Waals surface area contributed by atoms with Crippen LogP contribution in [0.25, 0.3) is 0 Å². The Labute approximate surface area is 163 Å². The molecule has 1 aromatic carbocycles. The molecule has 25 heavy (non-hydrogen) atoms. The van der Waals surface area contributed by atoms with Gasteiger partial charge in [0.15, 0.2) is 0 Å². The van der Waals surface area contributed by atoms with Crippen molar-refractivity contribution in [2.45, 2.75) is 32.7 Å². The van der Waals surface area contributed by atoms with Gasteiger partial charge in [-0.3, -0.25) is 9.69 Å². The number of nitrogens with two attached hydrogens (primary N) is 1. The lowest BCUT2D eigenvalue weighted by Gasteiger charge is -2.40. The van der Waals surface area contributed by atoms with Gasteiger partial charge in [-0.2, -0.15) is 0 Å². The molecule has 2 N–H and O–H groups in total. The van der Waals surface area contributed by atoms with Crippen LogP contribution in [-0.2, 0) is 11.3 Å². The van der Waals surface area contributed by atoms with Crippen molar-refractivity contribution in [2.75, 3.05) is 32.7 Å². The number of benzene rings is 1. The second-order valence-electron chi connectivity index (χ2n) is 7.45.